The van der Waals surface area contributed by atoms with E-state index < -0.39 is 0 Å². The average Bonchev–Trinajstić information content (AvgIpc) is 3.08. The van der Waals surface area contributed by atoms with Gasteiger partial charge in [0.1, 0.15) is 0 Å². The van der Waals surface area contributed by atoms with Gasteiger partial charge in [0, 0.05) is 11.1 Å². The van der Waals surface area contributed by atoms with Gasteiger partial charge >= 0.3 is 0 Å². The minimum atomic E-state index is 1.10. The molecule has 4 rings (SSSR count). The highest BCUT2D eigenvalue weighted by Gasteiger charge is 2.08. The third-order valence-corrected chi connectivity index (χ3v) is 5.05. The van der Waals surface area contributed by atoms with Crippen molar-refractivity contribution in [2.24, 2.45) is 0 Å². The molecule has 0 atom stereocenters. The molecule has 3 aromatic heterocycles. The smallest absolute Gasteiger partial charge is 0.0809 e. The molecular formula is C15H15NS2. The van der Waals surface area contributed by atoms with Crippen LogP contribution in [-0.2, 0) is 12.8 Å². The summed E-state index contributed by atoms with van der Waals surface area (Å²) < 4.78 is 1.26. The Bertz CT molecular complexity index is 573. The van der Waals surface area contributed by atoms with Crippen molar-refractivity contribution in [2.45, 2.75) is 25.7 Å². The molecule has 0 unspecified atom stereocenters. The van der Waals surface area contributed by atoms with Crippen LogP contribution >= 0.6 is 22.7 Å². The van der Waals surface area contributed by atoms with Crippen LogP contribution in [0.2, 0.25) is 0 Å². The predicted octanol–water partition coefficient (Wildman–Crippen LogP) is 4.92. The quantitative estimate of drug-likeness (QED) is 0.566. The number of nitrogens with zero attached hydrogens (tertiary/aromatic N) is 1. The van der Waals surface area contributed by atoms with Gasteiger partial charge in [-0.25, -0.2) is 0 Å². The molecular weight excluding hydrogens is 258 g/mol. The van der Waals surface area contributed by atoms with E-state index in [0.29, 0.717) is 0 Å². The van der Waals surface area contributed by atoms with Crippen molar-refractivity contribution in [3.8, 4) is 0 Å². The summed E-state index contributed by atoms with van der Waals surface area (Å²) in [5.74, 6) is 0. The molecule has 3 heterocycles. The van der Waals surface area contributed by atoms with Crippen LogP contribution in [-0.4, -0.2) is 4.98 Å². The third kappa shape index (κ3) is 2.62. The maximum atomic E-state index is 4.15. The molecule has 0 fully saturated rings. The zero-order valence-electron chi connectivity index (χ0n) is 10.1. The number of fused-ring (bicyclic) bond motifs is 2. The molecule has 1 aliphatic carbocycles. The first kappa shape index (κ1) is 11.9. The van der Waals surface area contributed by atoms with Gasteiger partial charge in [-0.2, -0.15) is 0 Å². The summed E-state index contributed by atoms with van der Waals surface area (Å²) in [5.41, 5.74) is 2.72. The Hall–Kier alpha value is -1.19. The number of pyridine rings is 1. The van der Waals surface area contributed by atoms with Gasteiger partial charge in [-0.1, -0.05) is 0 Å². The molecule has 0 saturated heterocycles. The van der Waals surface area contributed by atoms with Gasteiger partial charge in [-0.3, -0.25) is 4.98 Å². The number of rotatable bonds is 0. The average molecular weight is 273 g/mol. The minimum absolute atomic E-state index is 1.10. The Balaban J connectivity index is 0.000000111. The van der Waals surface area contributed by atoms with Crippen molar-refractivity contribution in [2.75, 3.05) is 0 Å². The number of thiophene rings is 2. The summed E-state index contributed by atoms with van der Waals surface area (Å²) >= 11 is 3.65. The lowest BCUT2D eigenvalue weighted by molar-refractivity contribution is 0.697. The maximum absolute atomic E-state index is 4.15. The van der Waals surface area contributed by atoms with Gasteiger partial charge < -0.3 is 0 Å². The van der Waals surface area contributed by atoms with E-state index >= 15 is 0 Å². The van der Waals surface area contributed by atoms with Gasteiger partial charge in [-0.05, 0) is 66.3 Å². The summed E-state index contributed by atoms with van der Waals surface area (Å²) in [6, 6.07) is 8.34. The predicted molar refractivity (Wildman–Crippen MR) is 80.6 cm³/mol. The Morgan fingerprint density at radius 1 is 0.944 bits per heavy atom. The zero-order chi connectivity index (χ0) is 12.2. The van der Waals surface area contributed by atoms with E-state index in [4.69, 9.17) is 0 Å². The van der Waals surface area contributed by atoms with Crippen molar-refractivity contribution >= 4 is 32.9 Å². The zero-order valence-corrected chi connectivity index (χ0v) is 11.8. The molecule has 3 heteroatoms. The van der Waals surface area contributed by atoms with Crippen LogP contribution in [0, 0.1) is 0 Å². The molecule has 0 aromatic carbocycles. The second-order valence-electron chi connectivity index (χ2n) is 4.38. The van der Waals surface area contributed by atoms with E-state index in [2.05, 4.69) is 27.9 Å². The lowest BCUT2D eigenvalue weighted by atomic mass is 10.00. The molecule has 1 aliphatic rings. The van der Waals surface area contributed by atoms with Crippen LogP contribution in [0.1, 0.15) is 23.3 Å². The molecule has 0 amide bonds. The van der Waals surface area contributed by atoms with Gasteiger partial charge in [0.15, 0.2) is 0 Å². The fourth-order valence-corrected chi connectivity index (χ4v) is 3.93. The Morgan fingerprint density at radius 3 is 2.72 bits per heavy atom. The molecule has 0 saturated carbocycles. The molecule has 1 nitrogen and oxygen atoms in total. The fourth-order valence-electron chi connectivity index (χ4n) is 2.21. The van der Waals surface area contributed by atoms with E-state index in [9.17, 15) is 0 Å². The first-order valence-electron chi connectivity index (χ1n) is 6.27. The standard InChI is InChI=1S/C8H10S.C7H5NS/c1-2-4-8-7(3-1)5-6-9-8;1-2-7-6(8-4-1)3-5-9-7/h5-6H,1-4H2;1-5H. The molecule has 0 spiro atoms. The molecule has 18 heavy (non-hydrogen) atoms. The normalized spacial score (nSPS) is 13.8. The van der Waals surface area contributed by atoms with Crippen molar-refractivity contribution in [1.82, 2.24) is 4.98 Å². The van der Waals surface area contributed by atoms with Crippen LogP contribution in [0.4, 0.5) is 0 Å². The van der Waals surface area contributed by atoms with Crippen molar-refractivity contribution in [3.05, 3.63) is 51.7 Å². The summed E-state index contributed by atoms with van der Waals surface area (Å²) in [6.45, 7) is 0. The SMILES string of the molecule is c1cc2c(s1)CCCC2.c1cnc2ccsc2c1. The first-order valence-corrected chi connectivity index (χ1v) is 8.03. The van der Waals surface area contributed by atoms with E-state index in [1.807, 2.05) is 29.7 Å². The van der Waals surface area contributed by atoms with Crippen molar-refractivity contribution in [1.29, 1.82) is 0 Å². The van der Waals surface area contributed by atoms with Crippen LogP contribution in [0.5, 0.6) is 0 Å². The lowest BCUT2D eigenvalue weighted by Crippen LogP contribution is -1.96. The molecule has 0 radical (unpaired) electrons. The maximum Gasteiger partial charge on any atom is 0.0809 e. The van der Waals surface area contributed by atoms with E-state index in [1.165, 1.54) is 30.4 Å². The number of hydrogen-bond donors (Lipinski definition) is 0. The highest BCUT2D eigenvalue weighted by Crippen LogP contribution is 2.25. The first-order chi connectivity index (χ1) is 8.93. The van der Waals surface area contributed by atoms with Gasteiger partial charge in [0.05, 0.1) is 10.2 Å². The fraction of sp³-hybridized carbons (Fsp3) is 0.267. The molecule has 3 aromatic rings. The molecule has 0 aliphatic heterocycles. The summed E-state index contributed by atoms with van der Waals surface area (Å²) in [7, 11) is 0. The summed E-state index contributed by atoms with van der Waals surface area (Å²) in [6.07, 6.45) is 7.30. The second kappa shape index (κ2) is 5.63. The summed E-state index contributed by atoms with van der Waals surface area (Å²) in [4.78, 5) is 5.79. The Kier molecular flexibility index (Phi) is 3.72. The minimum Gasteiger partial charge on any atom is -0.255 e. The van der Waals surface area contributed by atoms with Gasteiger partial charge in [0.25, 0.3) is 0 Å². The Labute approximate surface area is 115 Å². The third-order valence-electron chi connectivity index (χ3n) is 3.16. The van der Waals surface area contributed by atoms with Gasteiger partial charge in [0.2, 0.25) is 0 Å². The summed E-state index contributed by atoms with van der Waals surface area (Å²) in [5, 5.41) is 4.27. The van der Waals surface area contributed by atoms with E-state index in [1.54, 1.807) is 21.8 Å². The number of hydrogen-bond acceptors (Lipinski definition) is 3. The van der Waals surface area contributed by atoms with Gasteiger partial charge in [-0.15, -0.1) is 22.7 Å². The van der Waals surface area contributed by atoms with Crippen LogP contribution < -0.4 is 0 Å². The highest BCUT2D eigenvalue weighted by molar-refractivity contribution is 7.17. The largest absolute Gasteiger partial charge is 0.255 e. The molecule has 0 bridgehead atoms. The molecule has 0 N–H and O–H groups in total. The molecule has 92 valence electrons. The highest BCUT2D eigenvalue weighted by atomic mass is 32.1. The second-order valence-corrected chi connectivity index (χ2v) is 6.33. The van der Waals surface area contributed by atoms with E-state index in [-0.39, 0.29) is 0 Å². The van der Waals surface area contributed by atoms with Crippen LogP contribution in [0.25, 0.3) is 10.2 Å². The van der Waals surface area contributed by atoms with Crippen molar-refractivity contribution in [3.63, 3.8) is 0 Å². The monoisotopic (exact) mass is 273 g/mol. The topological polar surface area (TPSA) is 12.9 Å². The van der Waals surface area contributed by atoms with Crippen molar-refractivity contribution < 1.29 is 0 Å². The lowest BCUT2D eigenvalue weighted by Gasteiger charge is -2.08. The number of aryl methyl sites for hydroxylation is 2. The van der Waals surface area contributed by atoms with E-state index in [0.717, 1.165) is 5.52 Å². The van der Waals surface area contributed by atoms with Crippen LogP contribution in [0.3, 0.4) is 0 Å². The number of aromatic nitrogens is 1. The van der Waals surface area contributed by atoms with Crippen LogP contribution in [0.15, 0.2) is 41.2 Å². The Morgan fingerprint density at radius 2 is 1.83 bits per heavy atom.